The number of nitrogens with one attached hydrogen (secondary N) is 1. The predicted molar refractivity (Wildman–Crippen MR) is 81.1 cm³/mol. The van der Waals surface area contributed by atoms with Gasteiger partial charge in [0.15, 0.2) is 0 Å². The van der Waals surface area contributed by atoms with E-state index in [9.17, 15) is 4.79 Å². The van der Waals surface area contributed by atoms with E-state index in [0.29, 0.717) is 18.5 Å². The van der Waals surface area contributed by atoms with Gasteiger partial charge in [-0.2, -0.15) is 0 Å². The zero-order chi connectivity index (χ0) is 14.0. The van der Waals surface area contributed by atoms with Crippen LogP contribution in [0.15, 0.2) is 28.7 Å². The average Bonchev–Trinajstić information content (AvgIpc) is 3.15. The van der Waals surface area contributed by atoms with E-state index < -0.39 is 0 Å². The minimum atomic E-state index is 0.156. The minimum Gasteiger partial charge on any atom is -0.354 e. The van der Waals surface area contributed by atoms with E-state index >= 15 is 0 Å². The zero-order valence-corrected chi connectivity index (χ0v) is 13.3. The molecule has 0 heterocycles. The molecule has 0 aromatic heterocycles. The lowest BCUT2D eigenvalue weighted by Gasteiger charge is -2.19. The highest BCUT2D eigenvalue weighted by Crippen LogP contribution is 2.47. The molecule has 3 atom stereocenters. The molecule has 0 bridgehead atoms. The van der Waals surface area contributed by atoms with Crippen LogP contribution >= 0.6 is 15.9 Å². The van der Waals surface area contributed by atoms with Gasteiger partial charge in [0.1, 0.15) is 0 Å². The van der Waals surface area contributed by atoms with Gasteiger partial charge >= 0.3 is 0 Å². The van der Waals surface area contributed by atoms with Crippen molar-refractivity contribution in [3.05, 3.63) is 34.3 Å². The van der Waals surface area contributed by atoms with Gasteiger partial charge in [0.2, 0.25) is 5.91 Å². The normalized spacial score (nSPS) is 23.2. The molecule has 0 radical (unpaired) electrons. The number of carbonyl (C=O) groups excluding carboxylic acids is 1. The Bertz CT molecular complexity index is 461. The van der Waals surface area contributed by atoms with Gasteiger partial charge in [-0.3, -0.25) is 4.79 Å². The molecular weight excluding hydrogens is 304 g/mol. The maximum absolute atomic E-state index is 12.1. The second-order valence-electron chi connectivity index (χ2n) is 5.56. The van der Waals surface area contributed by atoms with Crippen molar-refractivity contribution in [2.45, 2.75) is 25.3 Å². The number of rotatable bonds is 5. The van der Waals surface area contributed by atoms with Crippen LogP contribution in [0.3, 0.4) is 0 Å². The summed E-state index contributed by atoms with van der Waals surface area (Å²) < 4.78 is 1.08. The molecule has 0 aliphatic heterocycles. The van der Waals surface area contributed by atoms with Gasteiger partial charge in [-0.25, -0.2) is 0 Å². The number of likely N-dealkylation sites (N-methyl/N-ethyl adjacent to an activating group) is 1. The third kappa shape index (κ3) is 3.80. The molecule has 1 amide bonds. The molecule has 1 aliphatic rings. The van der Waals surface area contributed by atoms with Gasteiger partial charge in [-0.15, -0.1) is 0 Å². The van der Waals surface area contributed by atoms with Crippen molar-refractivity contribution in [2.24, 2.45) is 5.92 Å². The van der Waals surface area contributed by atoms with Crippen LogP contribution in [0.5, 0.6) is 0 Å². The van der Waals surface area contributed by atoms with Crippen molar-refractivity contribution < 1.29 is 4.79 Å². The van der Waals surface area contributed by atoms with Gasteiger partial charge in [0.25, 0.3) is 0 Å². The Morgan fingerprint density at radius 1 is 1.53 bits per heavy atom. The van der Waals surface area contributed by atoms with Gasteiger partial charge in [0.05, 0.1) is 0 Å². The number of nitrogens with zero attached hydrogens (tertiary/aromatic N) is 1. The number of hydrogen-bond donors (Lipinski definition) is 1. The van der Waals surface area contributed by atoms with Crippen LogP contribution < -0.4 is 5.32 Å². The highest BCUT2D eigenvalue weighted by molar-refractivity contribution is 9.10. The van der Waals surface area contributed by atoms with E-state index in [1.807, 2.05) is 26.2 Å². The third-order valence-corrected chi connectivity index (χ3v) is 4.35. The largest absolute Gasteiger partial charge is 0.354 e. The summed E-state index contributed by atoms with van der Waals surface area (Å²) in [5.41, 5.74) is 1.26. The van der Waals surface area contributed by atoms with Crippen molar-refractivity contribution in [1.82, 2.24) is 10.2 Å². The standard InChI is InChI=1S/C15H21BrN2O/c1-10(18(2)3)9-17-15(19)14-8-13(14)11-5-4-6-12(16)7-11/h4-7,10,13-14H,8-9H2,1-3H3,(H,17,19)/t10-,13-,14+/m1/s1. The highest BCUT2D eigenvalue weighted by atomic mass is 79.9. The summed E-state index contributed by atoms with van der Waals surface area (Å²) in [6, 6.07) is 8.62. The van der Waals surface area contributed by atoms with Gasteiger partial charge < -0.3 is 10.2 Å². The molecule has 1 aromatic rings. The predicted octanol–water partition coefficient (Wildman–Crippen LogP) is 2.62. The molecule has 1 saturated carbocycles. The van der Waals surface area contributed by atoms with Crippen molar-refractivity contribution >= 4 is 21.8 Å². The zero-order valence-electron chi connectivity index (χ0n) is 11.7. The Hall–Kier alpha value is -0.870. The van der Waals surface area contributed by atoms with Crippen LogP contribution in [0.4, 0.5) is 0 Å². The Labute approximate surface area is 123 Å². The number of benzene rings is 1. The maximum atomic E-state index is 12.1. The lowest BCUT2D eigenvalue weighted by molar-refractivity contribution is -0.122. The van der Waals surface area contributed by atoms with Crippen molar-refractivity contribution in [3.8, 4) is 0 Å². The monoisotopic (exact) mass is 324 g/mol. The van der Waals surface area contributed by atoms with Gasteiger partial charge in [-0.05, 0) is 51.1 Å². The van der Waals surface area contributed by atoms with E-state index in [1.54, 1.807) is 0 Å². The minimum absolute atomic E-state index is 0.156. The Morgan fingerprint density at radius 2 is 2.26 bits per heavy atom. The first-order valence-corrected chi connectivity index (χ1v) is 7.48. The van der Waals surface area contributed by atoms with Crippen molar-refractivity contribution in [1.29, 1.82) is 0 Å². The summed E-state index contributed by atoms with van der Waals surface area (Å²) >= 11 is 3.47. The molecule has 4 heteroatoms. The van der Waals surface area contributed by atoms with E-state index in [2.05, 4.69) is 45.2 Å². The summed E-state index contributed by atoms with van der Waals surface area (Å²) in [6.45, 7) is 2.83. The lowest BCUT2D eigenvalue weighted by atomic mass is 10.1. The first-order chi connectivity index (χ1) is 8.99. The first-order valence-electron chi connectivity index (χ1n) is 6.68. The fourth-order valence-electron chi connectivity index (χ4n) is 2.15. The topological polar surface area (TPSA) is 32.3 Å². The fraction of sp³-hybridized carbons (Fsp3) is 0.533. The van der Waals surface area contributed by atoms with Crippen LogP contribution in [0.2, 0.25) is 0 Å². The van der Waals surface area contributed by atoms with Crippen LogP contribution in [-0.2, 0) is 4.79 Å². The van der Waals surface area contributed by atoms with E-state index in [1.165, 1.54) is 5.56 Å². The van der Waals surface area contributed by atoms with E-state index in [0.717, 1.165) is 10.9 Å². The molecule has 104 valence electrons. The smallest absolute Gasteiger partial charge is 0.223 e. The molecule has 3 nitrogen and oxygen atoms in total. The maximum Gasteiger partial charge on any atom is 0.223 e. The molecule has 2 rings (SSSR count). The Balaban J connectivity index is 1.84. The highest BCUT2D eigenvalue weighted by Gasteiger charge is 2.43. The van der Waals surface area contributed by atoms with Crippen molar-refractivity contribution in [3.63, 3.8) is 0 Å². The second kappa shape index (κ2) is 6.06. The van der Waals surface area contributed by atoms with Crippen molar-refractivity contribution in [2.75, 3.05) is 20.6 Å². The Kier molecular flexibility index (Phi) is 4.63. The van der Waals surface area contributed by atoms with Crippen LogP contribution in [-0.4, -0.2) is 37.5 Å². The number of halogens is 1. The summed E-state index contributed by atoms with van der Waals surface area (Å²) in [5, 5.41) is 3.05. The van der Waals surface area contributed by atoms with Crippen LogP contribution in [0, 0.1) is 5.92 Å². The van der Waals surface area contributed by atoms with E-state index in [4.69, 9.17) is 0 Å². The first kappa shape index (κ1) is 14.5. The van der Waals surface area contributed by atoms with E-state index in [-0.39, 0.29) is 11.8 Å². The number of hydrogen-bond acceptors (Lipinski definition) is 2. The number of amides is 1. The SMILES string of the molecule is C[C@H](CNC(=O)[C@H]1C[C@@H]1c1cccc(Br)c1)N(C)C. The van der Waals surface area contributed by atoms with Gasteiger partial charge in [-0.1, -0.05) is 28.1 Å². The molecule has 1 N–H and O–H groups in total. The van der Waals surface area contributed by atoms with Crippen LogP contribution in [0.1, 0.15) is 24.8 Å². The molecule has 0 unspecified atom stereocenters. The Morgan fingerprint density at radius 3 is 2.89 bits per heavy atom. The molecule has 1 aromatic carbocycles. The average molecular weight is 325 g/mol. The van der Waals surface area contributed by atoms with Crippen LogP contribution in [0.25, 0.3) is 0 Å². The molecule has 1 fully saturated rings. The summed E-state index contributed by atoms with van der Waals surface area (Å²) in [7, 11) is 4.05. The molecule has 19 heavy (non-hydrogen) atoms. The quantitative estimate of drug-likeness (QED) is 0.903. The summed E-state index contributed by atoms with van der Waals surface area (Å²) in [5.74, 6) is 0.745. The number of carbonyl (C=O) groups is 1. The lowest BCUT2D eigenvalue weighted by Crippen LogP contribution is -2.38. The second-order valence-corrected chi connectivity index (χ2v) is 6.48. The summed E-state index contributed by atoms with van der Waals surface area (Å²) in [4.78, 5) is 14.2. The van der Waals surface area contributed by atoms with Gasteiger partial charge in [0, 0.05) is 23.0 Å². The molecule has 0 spiro atoms. The summed E-state index contributed by atoms with van der Waals surface area (Å²) in [6.07, 6.45) is 0.971. The fourth-order valence-corrected chi connectivity index (χ4v) is 2.57. The molecular formula is C15H21BrN2O. The molecule has 0 saturated heterocycles. The molecule has 1 aliphatic carbocycles. The third-order valence-electron chi connectivity index (χ3n) is 3.86.